The fourth-order valence-electron chi connectivity index (χ4n) is 3.93. The number of hydrogen-bond acceptors (Lipinski definition) is 4. The average molecular weight is 378 g/mol. The van der Waals surface area contributed by atoms with E-state index < -0.39 is 6.09 Å². The minimum atomic E-state index is -0.418. The molecule has 2 fully saturated rings. The van der Waals surface area contributed by atoms with Gasteiger partial charge in [0.2, 0.25) is 0 Å². The van der Waals surface area contributed by atoms with E-state index in [0.29, 0.717) is 18.9 Å². The van der Waals surface area contributed by atoms with E-state index in [-0.39, 0.29) is 24.4 Å². The van der Waals surface area contributed by atoms with Crippen molar-refractivity contribution in [2.24, 2.45) is 0 Å². The predicted octanol–water partition coefficient (Wildman–Crippen LogP) is 3.16. The molecule has 0 radical (unpaired) electrons. The zero-order valence-corrected chi connectivity index (χ0v) is 15.5. The van der Waals surface area contributed by atoms with Gasteiger partial charge in [0.1, 0.15) is 6.61 Å². The first-order chi connectivity index (χ1) is 13.7. The molecule has 7 heteroatoms. The number of nitrogens with zero attached hydrogens (tertiary/aromatic N) is 3. The number of benzene rings is 1. The van der Waals surface area contributed by atoms with Crippen LogP contribution in [-0.2, 0) is 11.3 Å². The fraction of sp³-hybridized carbons (Fsp3) is 0.381. The van der Waals surface area contributed by atoms with Crippen molar-refractivity contribution in [2.75, 3.05) is 0 Å². The van der Waals surface area contributed by atoms with Crippen molar-refractivity contribution >= 4 is 17.3 Å². The van der Waals surface area contributed by atoms with Crippen LogP contribution in [0.1, 0.15) is 43.3 Å². The molecule has 144 valence electrons. The Balaban J connectivity index is 1.23. The lowest BCUT2D eigenvalue weighted by atomic mass is 9.86. The van der Waals surface area contributed by atoms with E-state index in [0.717, 1.165) is 29.6 Å². The number of nitrogens with one attached hydrogen (secondary N) is 1. The second-order valence-corrected chi connectivity index (χ2v) is 7.63. The van der Waals surface area contributed by atoms with Crippen LogP contribution in [-0.4, -0.2) is 26.3 Å². The maximum Gasteiger partial charge on any atom is 0.407 e. The Hall–Kier alpha value is -3.09. The third kappa shape index (κ3) is 3.06. The summed E-state index contributed by atoms with van der Waals surface area (Å²) in [6.07, 6.45) is 4.83. The van der Waals surface area contributed by atoms with Crippen LogP contribution in [0.3, 0.4) is 0 Å². The van der Waals surface area contributed by atoms with Gasteiger partial charge < -0.3 is 10.1 Å². The minimum Gasteiger partial charge on any atom is -0.445 e. The van der Waals surface area contributed by atoms with Gasteiger partial charge in [-0.3, -0.25) is 9.13 Å². The molecule has 0 bridgehead atoms. The van der Waals surface area contributed by atoms with Gasteiger partial charge in [-0.25, -0.2) is 14.6 Å². The van der Waals surface area contributed by atoms with Crippen LogP contribution in [0.5, 0.6) is 0 Å². The van der Waals surface area contributed by atoms with Crippen molar-refractivity contribution in [1.29, 1.82) is 0 Å². The quantitative estimate of drug-likeness (QED) is 0.740. The van der Waals surface area contributed by atoms with Crippen LogP contribution < -0.4 is 11.0 Å². The number of alkyl carbamates (subject to hydrolysis) is 1. The van der Waals surface area contributed by atoms with Crippen molar-refractivity contribution in [2.45, 2.75) is 50.4 Å². The Morgan fingerprint density at radius 3 is 2.61 bits per heavy atom. The van der Waals surface area contributed by atoms with Crippen LogP contribution in [0.2, 0.25) is 0 Å². The third-order valence-corrected chi connectivity index (χ3v) is 5.59. The molecule has 1 N–H and O–H groups in total. The van der Waals surface area contributed by atoms with Gasteiger partial charge in [0.05, 0.1) is 5.52 Å². The van der Waals surface area contributed by atoms with Gasteiger partial charge in [-0.2, -0.15) is 0 Å². The average Bonchev–Trinajstić information content (AvgIpc) is 3.47. The van der Waals surface area contributed by atoms with Gasteiger partial charge in [-0.05, 0) is 43.4 Å². The fourth-order valence-corrected chi connectivity index (χ4v) is 3.93. The molecule has 0 unspecified atom stereocenters. The summed E-state index contributed by atoms with van der Waals surface area (Å²) in [5.41, 5.74) is 2.63. The molecule has 1 aromatic carbocycles. The summed E-state index contributed by atoms with van der Waals surface area (Å²) >= 11 is 0. The number of amides is 1. The topological polar surface area (TPSA) is 78.2 Å². The zero-order valence-electron chi connectivity index (χ0n) is 15.5. The number of fused-ring (bicyclic) bond motifs is 1. The lowest BCUT2D eigenvalue weighted by Gasteiger charge is -2.35. The number of pyridine rings is 1. The highest BCUT2D eigenvalue weighted by Crippen LogP contribution is 2.38. The van der Waals surface area contributed by atoms with Gasteiger partial charge in [0.15, 0.2) is 5.65 Å². The summed E-state index contributed by atoms with van der Waals surface area (Å²) in [5, 5.41) is 2.89. The predicted molar refractivity (Wildman–Crippen MR) is 104 cm³/mol. The molecule has 5 rings (SSSR count). The normalized spacial score (nSPS) is 21.3. The van der Waals surface area contributed by atoms with E-state index in [9.17, 15) is 9.59 Å². The smallest absolute Gasteiger partial charge is 0.407 e. The Morgan fingerprint density at radius 2 is 1.86 bits per heavy atom. The van der Waals surface area contributed by atoms with E-state index in [2.05, 4.69) is 10.3 Å². The summed E-state index contributed by atoms with van der Waals surface area (Å²) < 4.78 is 8.97. The van der Waals surface area contributed by atoms with Crippen LogP contribution in [0.15, 0.2) is 53.5 Å². The molecule has 0 aliphatic heterocycles. The molecular formula is C21H22N4O3. The Labute approximate surface area is 161 Å². The Bertz CT molecular complexity index is 1060. The van der Waals surface area contributed by atoms with E-state index in [4.69, 9.17) is 4.74 Å². The van der Waals surface area contributed by atoms with Crippen molar-refractivity contribution in [3.05, 3.63) is 64.7 Å². The van der Waals surface area contributed by atoms with Gasteiger partial charge in [-0.15, -0.1) is 0 Å². The highest BCUT2D eigenvalue weighted by Gasteiger charge is 2.37. The van der Waals surface area contributed by atoms with Crippen LogP contribution in [0.25, 0.3) is 11.2 Å². The molecule has 2 aromatic heterocycles. The molecule has 7 nitrogen and oxygen atoms in total. The molecule has 0 saturated heterocycles. The first-order valence-electron chi connectivity index (χ1n) is 9.75. The second-order valence-electron chi connectivity index (χ2n) is 7.63. The first kappa shape index (κ1) is 17.0. The number of hydrogen-bond donors (Lipinski definition) is 1. The molecule has 2 saturated carbocycles. The number of carbonyl (C=O) groups is 1. The van der Waals surface area contributed by atoms with Crippen molar-refractivity contribution in [1.82, 2.24) is 19.4 Å². The molecule has 0 spiro atoms. The van der Waals surface area contributed by atoms with Crippen molar-refractivity contribution in [3.8, 4) is 0 Å². The molecular weight excluding hydrogens is 356 g/mol. The summed E-state index contributed by atoms with van der Waals surface area (Å²) in [4.78, 5) is 29.4. The maximum atomic E-state index is 13.0. The summed E-state index contributed by atoms with van der Waals surface area (Å²) in [6.45, 7) is 0.251. The molecule has 0 atom stereocenters. The van der Waals surface area contributed by atoms with E-state index in [1.807, 2.05) is 47.0 Å². The number of aromatic nitrogens is 3. The van der Waals surface area contributed by atoms with Gasteiger partial charge >= 0.3 is 11.8 Å². The number of carbonyl (C=O) groups excluding carboxylic acids is 1. The van der Waals surface area contributed by atoms with E-state index in [1.165, 1.54) is 0 Å². The van der Waals surface area contributed by atoms with E-state index in [1.54, 1.807) is 10.8 Å². The van der Waals surface area contributed by atoms with Gasteiger partial charge in [0.25, 0.3) is 0 Å². The van der Waals surface area contributed by atoms with Crippen LogP contribution in [0, 0.1) is 0 Å². The molecule has 28 heavy (non-hydrogen) atoms. The SMILES string of the molecule is O=C(NC1CC(n2c(=O)n(C3CC3)c3cccnc32)C1)OCc1ccccc1. The van der Waals surface area contributed by atoms with Crippen molar-refractivity contribution < 1.29 is 9.53 Å². The molecule has 2 aliphatic rings. The monoisotopic (exact) mass is 378 g/mol. The maximum absolute atomic E-state index is 13.0. The number of imidazole rings is 1. The molecule has 2 aliphatic carbocycles. The van der Waals surface area contributed by atoms with Gasteiger partial charge in [0, 0.05) is 24.3 Å². The Kier molecular flexibility index (Phi) is 4.15. The molecule has 3 aromatic rings. The summed E-state index contributed by atoms with van der Waals surface area (Å²) in [7, 11) is 0. The minimum absolute atomic E-state index is 0.0169. The largest absolute Gasteiger partial charge is 0.445 e. The third-order valence-electron chi connectivity index (χ3n) is 5.59. The lowest BCUT2D eigenvalue weighted by Crippen LogP contribution is -2.47. The summed E-state index contributed by atoms with van der Waals surface area (Å²) in [6, 6.07) is 13.8. The summed E-state index contributed by atoms with van der Waals surface area (Å²) in [5.74, 6) is 0. The molecule has 1 amide bonds. The lowest BCUT2D eigenvalue weighted by molar-refractivity contribution is 0.122. The zero-order chi connectivity index (χ0) is 19.1. The highest BCUT2D eigenvalue weighted by molar-refractivity contribution is 5.72. The van der Waals surface area contributed by atoms with E-state index >= 15 is 0 Å². The van der Waals surface area contributed by atoms with Crippen LogP contribution in [0.4, 0.5) is 4.79 Å². The Morgan fingerprint density at radius 1 is 1.07 bits per heavy atom. The standard InChI is InChI=1S/C21H22N4O3/c26-20(28-13-14-5-2-1-3-6-14)23-15-11-17(12-15)25-19-18(7-4-10-22-19)24(21(25)27)16-8-9-16/h1-7,10,15-17H,8-9,11-13H2,(H,23,26). The van der Waals surface area contributed by atoms with Crippen LogP contribution >= 0.6 is 0 Å². The van der Waals surface area contributed by atoms with Crippen molar-refractivity contribution in [3.63, 3.8) is 0 Å². The second kappa shape index (κ2) is 6.82. The number of rotatable bonds is 5. The van der Waals surface area contributed by atoms with Gasteiger partial charge in [-0.1, -0.05) is 30.3 Å². The first-order valence-corrected chi connectivity index (χ1v) is 9.75. The molecule has 2 heterocycles. The highest BCUT2D eigenvalue weighted by atomic mass is 16.5. The number of ether oxygens (including phenoxy) is 1.